The molecule has 0 aliphatic rings. The second-order valence-corrected chi connectivity index (χ2v) is 6.09. The van der Waals surface area contributed by atoms with Crippen LogP contribution in [0.25, 0.3) is 0 Å². The maximum atomic E-state index is 13.0. The van der Waals surface area contributed by atoms with Crippen molar-refractivity contribution in [2.45, 2.75) is 16.9 Å². The number of hydrogen-bond acceptors (Lipinski definition) is 2. The van der Waals surface area contributed by atoms with E-state index >= 15 is 0 Å². The zero-order chi connectivity index (χ0) is 15.5. The van der Waals surface area contributed by atoms with Gasteiger partial charge in [0.2, 0.25) is 0 Å². The lowest BCUT2D eigenvalue weighted by molar-refractivity contribution is -0.0327. The first-order chi connectivity index (χ1) is 9.85. The van der Waals surface area contributed by atoms with Crippen LogP contribution in [0.2, 0.25) is 0 Å². The summed E-state index contributed by atoms with van der Waals surface area (Å²) in [6.45, 7) is 0.288. The summed E-state index contributed by atoms with van der Waals surface area (Å²) in [5, 5.41) is 2.94. The normalized spacial score (nSPS) is 11.5. The number of hydrogen-bond donors (Lipinski definition) is 1. The van der Waals surface area contributed by atoms with Crippen LogP contribution >= 0.6 is 27.7 Å². The predicted octanol–water partition coefficient (Wildman–Crippen LogP) is 5.81. The molecule has 0 aromatic heterocycles. The highest BCUT2D eigenvalue weighted by molar-refractivity contribution is 9.10. The van der Waals surface area contributed by atoms with Gasteiger partial charge in [-0.1, -0.05) is 34.1 Å². The van der Waals surface area contributed by atoms with Crippen molar-refractivity contribution in [1.29, 1.82) is 0 Å². The highest BCUT2D eigenvalue weighted by Crippen LogP contribution is 2.40. The topological polar surface area (TPSA) is 12.0 Å². The molecule has 0 spiro atoms. The average molecular weight is 380 g/mol. The molecule has 0 aliphatic carbocycles. The fourth-order valence-corrected chi connectivity index (χ4v) is 2.82. The third-order valence-electron chi connectivity index (χ3n) is 2.60. The Morgan fingerprint density at radius 3 is 2.48 bits per heavy atom. The van der Waals surface area contributed by atoms with Crippen LogP contribution < -0.4 is 5.32 Å². The van der Waals surface area contributed by atoms with Gasteiger partial charge >= 0.3 is 5.51 Å². The standard InChI is InChI=1S/C14H10BrF4NS/c15-11-7-10(16)6-5-9(11)8-20-12-3-1-2-4-13(12)21-14(17,18)19/h1-7,20H,8H2. The van der Waals surface area contributed by atoms with Gasteiger partial charge in [-0.15, -0.1) is 0 Å². The fourth-order valence-electron chi connectivity index (χ4n) is 1.68. The molecule has 7 heteroatoms. The van der Waals surface area contributed by atoms with Crippen LogP contribution in [0.5, 0.6) is 0 Å². The van der Waals surface area contributed by atoms with Crippen molar-refractivity contribution in [3.05, 3.63) is 58.3 Å². The molecule has 0 unspecified atom stereocenters. The van der Waals surface area contributed by atoms with Gasteiger partial charge in [0, 0.05) is 21.6 Å². The van der Waals surface area contributed by atoms with Crippen molar-refractivity contribution < 1.29 is 17.6 Å². The van der Waals surface area contributed by atoms with E-state index in [1.165, 1.54) is 18.2 Å². The molecule has 2 rings (SSSR count). The van der Waals surface area contributed by atoms with E-state index in [-0.39, 0.29) is 29.0 Å². The van der Waals surface area contributed by atoms with E-state index < -0.39 is 5.51 Å². The van der Waals surface area contributed by atoms with Gasteiger partial charge in [-0.25, -0.2) is 4.39 Å². The third-order valence-corrected chi connectivity index (χ3v) is 4.14. The zero-order valence-electron chi connectivity index (χ0n) is 10.5. The van der Waals surface area contributed by atoms with Crippen LogP contribution in [0, 0.1) is 5.82 Å². The molecule has 112 valence electrons. The van der Waals surface area contributed by atoms with E-state index in [9.17, 15) is 17.6 Å². The molecule has 0 fully saturated rings. The second-order valence-electron chi connectivity index (χ2n) is 4.13. The average Bonchev–Trinajstić information content (AvgIpc) is 2.37. The van der Waals surface area contributed by atoms with Crippen molar-refractivity contribution in [3.8, 4) is 0 Å². The van der Waals surface area contributed by atoms with E-state index in [0.29, 0.717) is 10.2 Å². The van der Waals surface area contributed by atoms with E-state index in [0.717, 1.165) is 5.56 Å². The first kappa shape index (κ1) is 16.2. The zero-order valence-corrected chi connectivity index (χ0v) is 12.9. The monoisotopic (exact) mass is 379 g/mol. The summed E-state index contributed by atoms with van der Waals surface area (Å²) >= 11 is 3.06. The number of halogens is 5. The van der Waals surface area contributed by atoms with Gasteiger partial charge in [0.05, 0.1) is 0 Å². The quantitative estimate of drug-likeness (QED) is 0.531. The molecule has 0 amide bonds. The van der Waals surface area contributed by atoms with Crippen molar-refractivity contribution >= 4 is 33.4 Å². The van der Waals surface area contributed by atoms with Gasteiger partial charge in [0.25, 0.3) is 0 Å². The fraction of sp³-hybridized carbons (Fsp3) is 0.143. The van der Waals surface area contributed by atoms with Gasteiger partial charge < -0.3 is 5.32 Å². The Hall–Kier alpha value is -1.21. The number of rotatable bonds is 4. The first-order valence-electron chi connectivity index (χ1n) is 5.88. The summed E-state index contributed by atoms with van der Waals surface area (Å²) in [7, 11) is 0. The minimum atomic E-state index is -4.34. The molecular weight excluding hydrogens is 370 g/mol. The number of benzene rings is 2. The molecule has 0 saturated heterocycles. The Kier molecular flexibility index (Phi) is 5.16. The summed E-state index contributed by atoms with van der Waals surface area (Å²) in [6, 6.07) is 10.4. The van der Waals surface area contributed by atoms with Crippen LogP contribution in [0.3, 0.4) is 0 Å². The van der Waals surface area contributed by atoms with Gasteiger partial charge in [0.1, 0.15) is 5.82 Å². The Balaban J connectivity index is 2.13. The van der Waals surface area contributed by atoms with Crippen LogP contribution in [-0.2, 0) is 6.54 Å². The Bertz CT molecular complexity index is 631. The Labute approximate surface area is 131 Å². The van der Waals surface area contributed by atoms with Crippen molar-refractivity contribution in [1.82, 2.24) is 0 Å². The molecule has 2 aromatic carbocycles. The van der Waals surface area contributed by atoms with Crippen molar-refractivity contribution in [3.63, 3.8) is 0 Å². The lowest BCUT2D eigenvalue weighted by Crippen LogP contribution is -2.04. The lowest BCUT2D eigenvalue weighted by Gasteiger charge is -2.13. The molecule has 0 radical (unpaired) electrons. The second kappa shape index (κ2) is 6.70. The molecule has 0 atom stereocenters. The number of anilines is 1. The first-order valence-corrected chi connectivity index (χ1v) is 7.49. The Morgan fingerprint density at radius 2 is 1.81 bits per heavy atom. The maximum Gasteiger partial charge on any atom is 0.446 e. The van der Waals surface area contributed by atoms with E-state index in [1.807, 2.05) is 0 Å². The number of thioether (sulfide) groups is 1. The van der Waals surface area contributed by atoms with Gasteiger partial charge in [-0.2, -0.15) is 13.2 Å². The number of para-hydroxylation sites is 1. The highest BCUT2D eigenvalue weighted by Gasteiger charge is 2.30. The molecule has 2 aromatic rings. The molecule has 0 aliphatic heterocycles. The van der Waals surface area contributed by atoms with Crippen molar-refractivity contribution in [2.75, 3.05) is 5.32 Å². The molecule has 0 saturated carbocycles. The Morgan fingerprint density at radius 1 is 1.10 bits per heavy atom. The van der Waals surface area contributed by atoms with Crippen LogP contribution in [-0.4, -0.2) is 5.51 Å². The molecule has 0 bridgehead atoms. The summed E-state index contributed by atoms with van der Waals surface area (Å²) in [5.41, 5.74) is -3.20. The third kappa shape index (κ3) is 4.93. The predicted molar refractivity (Wildman–Crippen MR) is 79.8 cm³/mol. The smallest absolute Gasteiger partial charge is 0.380 e. The van der Waals surface area contributed by atoms with Gasteiger partial charge in [0.15, 0.2) is 0 Å². The van der Waals surface area contributed by atoms with E-state index in [2.05, 4.69) is 21.2 Å². The molecule has 21 heavy (non-hydrogen) atoms. The van der Waals surface area contributed by atoms with Crippen molar-refractivity contribution in [2.24, 2.45) is 0 Å². The van der Waals surface area contributed by atoms with E-state index in [4.69, 9.17) is 0 Å². The SMILES string of the molecule is Fc1ccc(CNc2ccccc2SC(F)(F)F)c(Br)c1. The van der Waals surface area contributed by atoms with Gasteiger partial charge in [-0.05, 0) is 41.6 Å². The minimum absolute atomic E-state index is 0.100. The molecule has 1 nitrogen and oxygen atoms in total. The minimum Gasteiger partial charge on any atom is -0.380 e. The number of alkyl halides is 3. The molecule has 0 heterocycles. The highest BCUT2D eigenvalue weighted by atomic mass is 79.9. The lowest BCUT2D eigenvalue weighted by atomic mass is 10.2. The summed E-state index contributed by atoms with van der Waals surface area (Å²) in [5.74, 6) is -0.376. The summed E-state index contributed by atoms with van der Waals surface area (Å²) in [4.78, 5) is 0.100. The number of nitrogens with one attached hydrogen (secondary N) is 1. The van der Waals surface area contributed by atoms with Crippen LogP contribution in [0.1, 0.15) is 5.56 Å². The molecular formula is C14H10BrF4NS. The van der Waals surface area contributed by atoms with Crippen LogP contribution in [0.15, 0.2) is 51.8 Å². The maximum absolute atomic E-state index is 13.0. The summed E-state index contributed by atoms with van der Waals surface area (Å²) in [6.07, 6.45) is 0. The molecule has 1 N–H and O–H groups in total. The van der Waals surface area contributed by atoms with E-state index in [1.54, 1.807) is 24.3 Å². The summed E-state index contributed by atoms with van der Waals surface area (Å²) < 4.78 is 51.0. The van der Waals surface area contributed by atoms with Gasteiger partial charge in [-0.3, -0.25) is 0 Å². The largest absolute Gasteiger partial charge is 0.446 e. The van der Waals surface area contributed by atoms with Crippen LogP contribution in [0.4, 0.5) is 23.2 Å².